The summed E-state index contributed by atoms with van der Waals surface area (Å²) in [6, 6.07) is 13.0. The third-order valence-corrected chi connectivity index (χ3v) is 6.42. The molecule has 164 valence electrons. The number of ether oxygens (including phenoxy) is 3. The number of amides is 1. The normalized spacial score (nSPS) is 16.1. The van der Waals surface area contributed by atoms with Gasteiger partial charge in [0.15, 0.2) is 16.7 Å². The number of aliphatic imine (C=N–C) groups is 1. The molecule has 0 saturated carbocycles. The highest BCUT2D eigenvalue weighted by atomic mass is 32.2. The number of benzene rings is 2. The zero-order valence-electron chi connectivity index (χ0n) is 18.0. The third-order valence-electron chi connectivity index (χ3n) is 4.60. The number of amidine groups is 1. The Bertz CT molecular complexity index is 1180. The first-order valence-corrected chi connectivity index (χ1v) is 11.3. The summed E-state index contributed by atoms with van der Waals surface area (Å²) >= 11 is 2.74. The van der Waals surface area contributed by atoms with Gasteiger partial charge in [-0.25, -0.2) is 4.98 Å². The Kier molecular flexibility index (Phi) is 6.48. The maximum Gasteiger partial charge on any atom is 0.271 e. The van der Waals surface area contributed by atoms with Crippen LogP contribution in [0, 0.1) is 6.92 Å². The van der Waals surface area contributed by atoms with Crippen LogP contribution < -0.4 is 19.1 Å². The molecule has 2 aromatic carbocycles. The minimum absolute atomic E-state index is 0.165. The number of anilines is 1. The average molecular weight is 468 g/mol. The van der Waals surface area contributed by atoms with Gasteiger partial charge in [0.05, 0.1) is 37.6 Å². The van der Waals surface area contributed by atoms with Crippen molar-refractivity contribution < 1.29 is 19.0 Å². The molecular weight excluding hydrogens is 446 g/mol. The molecule has 32 heavy (non-hydrogen) atoms. The lowest BCUT2D eigenvalue weighted by molar-refractivity contribution is -0.113. The van der Waals surface area contributed by atoms with E-state index in [0.29, 0.717) is 32.5 Å². The quantitative estimate of drug-likeness (QED) is 0.459. The van der Waals surface area contributed by atoms with Crippen molar-refractivity contribution in [1.29, 1.82) is 0 Å². The SMILES string of the molecule is COc1cc(/C=C2\S/C(=N/c3nc(C)cs3)N(c3ccccc3)C2=O)cc(OC)c1OC. The van der Waals surface area contributed by atoms with Gasteiger partial charge in [0, 0.05) is 5.38 Å². The molecule has 9 heteroatoms. The van der Waals surface area contributed by atoms with Crippen LogP contribution >= 0.6 is 23.1 Å². The minimum atomic E-state index is -0.165. The molecule has 1 aliphatic rings. The van der Waals surface area contributed by atoms with Crippen molar-refractivity contribution in [2.24, 2.45) is 4.99 Å². The summed E-state index contributed by atoms with van der Waals surface area (Å²) in [6.45, 7) is 1.91. The van der Waals surface area contributed by atoms with Crippen LogP contribution in [-0.4, -0.2) is 37.4 Å². The average Bonchev–Trinajstić information content (AvgIpc) is 3.35. The van der Waals surface area contributed by atoms with E-state index in [-0.39, 0.29) is 5.91 Å². The second kappa shape index (κ2) is 9.46. The van der Waals surface area contributed by atoms with Crippen molar-refractivity contribution in [2.45, 2.75) is 6.92 Å². The van der Waals surface area contributed by atoms with Gasteiger partial charge >= 0.3 is 0 Å². The summed E-state index contributed by atoms with van der Waals surface area (Å²) in [5.74, 6) is 1.36. The first-order chi connectivity index (χ1) is 15.5. The van der Waals surface area contributed by atoms with Gasteiger partial charge in [0.2, 0.25) is 10.9 Å². The van der Waals surface area contributed by atoms with E-state index in [1.807, 2.05) is 42.6 Å². The van der Waals surface area contributed by atoms with E-state index in [9.17, 15) is 4.79 Å². The summed E-state index contributed by atoms with van der Waals surface area (Å²) in [6.07, 6.45) is 1.79. The molecule has 1 aromatic heterocycles. The highest BCUT2D eigenvalue weighted by molar-refractivity contribution is 8.19. The molecule has 0 spiro atoms. The van der Waals surface area contributed by atoms with Gasteiger partial charge < -0.3 is 14.2 Å². The predicted octanol–water partition coefficient (Wildman–Crippen LogP) is 5.29. The van der Waals surface area contributed by atoms with Crippen LogP contribution in [0.1, 0.15) is 11.3 Å². The number of carbonyl (C=O) groups excluding carboxylic acids is 1. The Labute approximate surface area is 194 Å². The number of thioether (sulfide) groups is 1. The molecule has 1 aliphatic heterocycles. The van der Waals surface area contributed by atoms with Crippen LogP contribution in [0.25, 0.3) is 6.08 Å². The second-order valence-corrected chi connectivity index (χ2v) is 8.56. The van der Waals surface area contributed by atoms with Crippen LogP contribution in [0.4, 0.5) is 10.8 Å². The number of aryl methyl sites for hydroxylation is 1. The number of hydrogen-bond acceptors (Lipinski definition) is 8. The van der Waals surface area contributed by atoms with E-state index in [4.69, 9.17) is 14.2 Å². The maximum absolute atomic E-state index is 13.4. The summed E-state index contributed by atoms with van der Waals surface area (Å²) < 4.78 is 16.3. The van der Waals surface area contributed by atoms with Gasteiger partial charge in [0.1, 0.15) is 0 Å². The van der Waals surface area contributed by atoms with Crippen molar-refractivity contribution in [3.63, 3.8) is 0 Å². The number of rotatable bonds is 6. The number of aromatic nitrogens is 1. The number of nitrogens with zero attached hydrogens (tertiary/aromatic N) is 3. The lowest BCUT2D eigenvalue weighted by Crippen LogP contribution is -2.28. The molecule has 0 atom stereocenters. The zero-order chi connectivity index (χ0) is 22.7. The van der Waals surface area contributed by atoms with Gasteiger partial charge in [0.25, 0.3) is 5.91 Å². The highest BCUT2D eigenvalue weighted by Gasteiger charge is 2.35. The number of para-hydroxylation sites is 1. The van der Waals surface area contributed by atoms with Crippen LogP contribution in [0.2, 0.25) is 0 Å². The lowest BCUT2D eigenvalue weighted by Gasteiger charge is -2.15. The zero-order valence-corrected chi connectivity index (χ0v) is 19.6. The lowest BCUT2D eigenvalue weighted by atomic mass is 10.1. The van der Waals surface area contributed by atoms with E-state index >= 15 is 0 Å². The van der Waals surface area contributed by atoms with Crippen molar-refractivity contribution >= 4 is 51.1 Å². The summed E-state index contributed by atoms with van der Waals surface area (Å²) in [5.41, 5.74) is 2.38. The first kappa shape index (κ1) is 21.9. The van der Waals surface area contributed by atoms with Crippen LogP contribution in [0.15, 0.2) is 57.7 Å². The van der Waals surface area contributed by atoms with Gasteiger partial charge in [-0.1, -0.05) is 18.2 Å². The Morgan fingerprint density at radius 2 is 1.72 bits per heavy atom. The highest BCUT2D eigenvalue weighted by Crippen LogP contribution is 2.41. The van der Waals surface area contributed by atoms with Crippen LogP contribution in [0.5, 0.6) is 17.2 Å². The fraction of sp³-hybridized carbons (Fsp3) is 0.174. The molecule has 0 N–H and O–H groups in total. The molecule has 7 nitrogen and oxygen atoms in total. The van der Waals surface area contributed by atoms with Crippen molar-refractivity contribution in [3.8, 4) is 17.2 Å². The molecule has 1 saturated heterocycles. The Morgan fingerprint density at radius 3 is 2.28 bits per heavy atom. The number of carbonyl (C=O) groups is 1. The molecule has 0 unspecified atom stereocenters. The number of thiazole rings is 1. The fourth-order valence-electron chi connectivity index (χ4n) is 3.16. The predicted molar refractivity (Wildman–Crippen MR) is 130 cm³/mol. The Balaban J connectivity index is 1.78. The van der Waals surface area contributed by atoms with E-state index in [0.717, 1.165) is 16.9 Å². The molecule has 1 fully saturated rings. The van der Waals surface area contributed by atoms with E-state index in [1.54, 1.807) is 44.4 Å². The van der Waals surface area contributed by atoms with E-state index in [1.165, 1.54) is 23.1 Å². The summed E-state index contributed by atoms with van der Waals surface area (Å²) in [4.78, 5) is 24.6. The molecule has 0 bridgehead atoms. The number of methoxy groups -OCH3 is 3. The first-order valence-electron chi connectivity index (χ1n) is 9.64. The standard InChI is InChI=1S/C23H21N3O4S2/c1-14-13-31-22(24-14)25-23-26(16-8-6-5-7-9-16)21(27)19(32-23)12-15-10-17(28-2)20(30-4)18(11-15)29-3/h5-13H,1-4H3/b19-12-,25-23+. The largest absolute Gasteiger partial charge is 0.493 e. The molecular formula is C23H21N3O4S2. The summed E-state index contributed by atoms with van der Waals surface area (Å²) in [5, 5.41) is 3.09. The molecule has 4 rings (SSSR count). The van der Waals surface area contributed by atoms with Crippen molar-refractivity contribution in [1.82, 2.24) is 4.98 Å². The van der Waals surface area contributed by atoms with Gasteiger partial charge in [-0.3, -0.25) is 9.69 Å². The Hall–Kier alpha value is -3.30. The smallest absolute Gasteiger partial charge is 0.271 e. The third kappa shape index (κ3) is 4.35. The van der Waals surface area contributed by atoms with Crippen molar-refractivity contribution in [3.05, 3.63) is 64.0 Å². The minimum Gasteiger partial charge on any atom is -0.493 e. The maximum atomic E-state index is 13.4. The molecule has 0 radical (unpaired) electrons. The van der Waals surface area contributed by atoms with E-state index in [2.05, 4.69) is 9.98 Å². The molecule has 3 aromatic rings. The molecule has 2 heterocycles. The van der Waals surface area contributed by atoms with Crippen LogP contribution in [-0.2, 0) is 4.79 Å². The topological polar surface area (TPSA) is 73.3 Å². The fourth-order valence-corrected chi connectivity index (χ4v) is 4.87. The second-order valence-electron chi connectivity index (χ2n) is 6.71. The van der Waals surface area contributed by atoms with Gasteiger partial charge in [-0.05, 0) is 54.6 Å². The number of hydrogen-bond donors (Lipinski definition) is 0. The van der Waals surface area contributed by atoms with Crippen LogP contribution in [0.3, 0.4) is 0 Å². The molecule has 1 amide bonds. The molecule has 0 aliphatic carbocycles. The Morgan fingerprint density at radius 1 is 1.03 bits per heavy atom. The van der Waals surface area contributed by atoms with Crippen molar-refractivity contribution in [2.75, 3.05) is 26.2 Å². The summed E-state index contributed by atoms with van der Waals surface area (Å²) in [7, 11) is 4.67. The monoisotopic (exact) mass is 467 g/mol. The van der Waals surface area contributed by atoms with Gasteiger partial charge in [-0.2, -0.15) is 4.99 Å². The van der Waals surface area contributed by atoms with E-state index < -0.39 is 0 Å². The van der Waals surface area contributed by atoms with Gasteiger partial charge in [-0.15, -0.1) is 11.3 Å².